The van der Waals surface area contributed by atoms with E-state index >= 15 is 0 Å². The van der Waals surface area contributed by atoms with Crippen LogP contribution in [0.1, 0.15) is 10.5 Å². The average molecular weight is 189 g/mol. The number of hydrogen-bond acceptors (Lipinski definition) is 2. The van der Waals surface area contributed by atoms with Gasteiger partial charge in [-0.1, -0.05) is 0 Å². The third-order valence-electron chi connectivity index (χ3n) is 2.28. The molecule has 0 saturated carbocycles. The molecule has 14 heavy (non-hydrogen) atoms. The summed E-state index contributed by atoms with van der Waals surface area (Å²) in [4.78, 5) is 10.7. The quantitative estimate of drug-likeness (QED) is 0.667. The molecule has 0 amide bonds. The first kappa shape index (κ1) is 8.74. The van der Waals surface area contributed by atoms with E-state index in [4.69, 9.17) is 0 Å². The molecule has 2 heterocycles. The normalized spacial score (nSPS) is 10.4. The lowest BCUT2D eigenvalue weighted by Crippen LogP contribution is -1.92. The molecule has 0 saturated heterocycles. The predicted molar refractivity (Wildman–Crippen MR) is 53.0 cm³/mol. The summed E-state index contributed by atoms with van der Waals surface area (Å²) in [5.74, 6) is 0. The summed E-state index contributed by atoms with van der Waals surface area (Å²) in [6, 6.07) is 3.77. The Morgan fingerprint density at radius 1 is 1.43 bits per heavy atom. The maximum absolute atomic E-state index is 10.7. The number of aryl methyl sites for hydroxylation is 2. The van der Waals surface area contributed by atoms with E-state index in [-0.39, 0.29) is 0 Å². The molecule has 0 spiro atoms. The van der Waals surface area contributed by atoms with Crippen LogP contribution in [-0.2, 0) is 14.1 Å². The Balaban J connectivity index is 2.53. The molecule has 0 fully saturated rings. The molecule has 0 radical (unpaired) electrons. The molecule has 4 heteroatoms. The van der Waals surface area contributed by atoms with Crippen molar-refractivity contribution >= 4 is 6.29 Å². The molecule has 0 unspecified atom stereocenters. The summed E-state index contributed by atoms with van der Waals surface area (Å²) in [6.07, 6.45) is 4.50. The summed E-state index contributed by atoms with van der Waals surface area (Å²) in [6.45, 7) is 0. The largest absolute Gasteiger partial charge is 0.348 e. The third-order valence-corrected chi connectivity index (χ3v) is 2.28. The number of aldehydes is 1. The maximum atomic E-state index is 10.7. The second-order valence-electron chi connectivity index (χ2n) is 3.22. The lowest BCUT2D eigenvalue weighted by Gasteiger charge is -1.96. The van der Waals surface area contributed by atoms with Crippen molar-refractivity contribution in [3.05, 3.63) is 30.2 Å². The summed E-state index contributed by atoms with van der Waals surface area (Å²) in [5.41, 5.74) is 2.68. The van der Waals surface area contributed by atoms with Crippen LogP contribution in [0.3, 0.4) is 0 Å². The first-order chi connectivity index (χ1) is 6.72. The van der Waals surface area contributed by atoms with Gasteiger partial charge in [-0.2, -0.15) is 5.10 Å². The SMILES string of the molecule is Cn1cc(-c2ccnn2C)cc1C=O. The number of aromatic nitrogens is 3. The molecule has 0 aliphatic heterocycles. The van der Waals surface area contributed by atoms with Crippen LogP contribution >= 0.6 is 0 Å². The number of nitrogens with zero attached hydrogens (tertiary/aromatic N) is 3. The highest BCUT2D eigenvalue weighted by atomic mass is 16.1. The van der Waals surface area contributed by atoms with Gasteiger partial charge in [0.05, 0.1) is 11.4 Å². The van der Waals surface area contributed by atoms with Crippen molar-refractivity contribution in [2.45, 2.75) is 0 Å². The van der Waals surface area contributed by atoms with E-state index in [1.165, 1.54) is 0 Å². The monoisotopic (exact) mass is 189 g/mol. The standard InChI is InChI=1S/C10H11N3O/c1-12-6-8(5-9(12)7-14)10-3-4-11-13(10)2/h3-7H,1-2H3. The number of carbonyl (C=O) groups excluding carboxylic acids is 1. The molecular formula is C10H11N3O. The molecule has 2 aromatic heterocycles. The highest BCUT2D eigenvalue weighted by molar-refractivity contribution is 5.76. The highest BCUT2D eigenvalue weighted by Gasteiger charge is 2.06. The summed E-state index contributed by atoms with van der Waals surface area (Å²) in [5, 5.41) is 4.08. The molecule has 2 rings (SSSR count). The van der Waals surface area contributed by atoms with Crippen molar-refractivity contribution in [1.29, 1.82) is 0 Å². The van der Waals surface area contributed by atoms with Crippen LogP contribution in [0.15, 0.2) is 24.5 Å². The van der Waals surface area contributed by atoms with Gasteiger partial charge in [0.1, 0.15) is 0 Å². The molecule has 72 valence electrons. The lowest BCUT2D eigenvalue weighted by atomic mass is 10.2. The van der Waals surface area contributed by atoms with Crippen LogP contribution in [-0.4, -0.2) is 20.6 Å². The van der Waals surface area contributed by atoms with Gasteiger partial charge >= 0.3 is 0 Å². The van der Waals surface area contributed by atoms with E-state index in [2.05, 4.69) is 5.10 Å². The Labute approximate surface area is 81.8 Å². The zero-order valence-corrected chi connectivity index (χ0v) is 8.14. The maximum Gasteiger partial charge on any atom is 0.166 e. The fourth-order valence-electron chi connectivity index (χ4n) is 1.50. The van der Waals surface area contributed by atoms with Crippen molar-refractivity contribution in [2.24, 2.45) is 14.1 Å². The summed E-state index contributed by atoms with van der Waals surface area (Å²) in [7, 11) is 3.73. The minimum Gasteiger partial charge on any atom is -0.348 e. The van der Waals surface area contributed by atoms with Crippen molar-refractivity contribution in [3.63, 3.8) is 0 Å². The number of hydrogen-bond donors (Lipinski definition) is 0. The topological polar surface area (TPSA) is 39.8 Å². The molecule has 0 aliphatic rings. The second-order valence-corrected chi connectivity index (χ2v) is 3.22. The van der Waals surface area contributed by atoms with Gasteiger partial charge in [0.25, 0.3) is 0 Å². The Morgan fingerprint density at radius 3 is 2.71 bits per heavy atom. The van der Waals surface area contributed by atoms with Gasteiger partial charge < -0.3 is 4.57 Å². The molecular weight excluding hydrogens is 178 g/mol. The molecule has 0 N–H and O–H groups in total. The van der Waals surface area contributed by atoms with Gasteiger partial charge in [0, 0.05) is 32.1 Å². The van der Waals surface area contributed by atoms with Crippen molar-refractivity contribution in [2.75, 3.05) is 0 Å². The lowest BCUT2D eigenvalue weighted by molar-refractivity contribution is 0.111. The Morgan fingerprint density at radius 2 is 2.21 bits per heavy atom. The fourth-order valence-corrected chi connectivity index (χ4v) is 1.50. The predicted octanol–water partition coefficient (Wildman–Crippen LogP) is 1.24. The zero-order valence-electron chi connectivity index (χ0n) is 8.14. The molecule has 4 nitrogen and oxygen atoms in total. The second kappa shape index (κ2) is 3.14. The van der Waals surface area contributed by atoms with Crippen LogP contribution in [0.2, 0.25) is 0 Å². The van der Waals surface area contributed by atoms with Crippen LogP contribution in [0, 0.1) is 0 Å². The zero-order chi connectivity index (χ0) is 10.1. The van der Waals surface area contributed by atoms with E-state index < -0.39 is 0 Å². The minimum absolute atomic E-state index is 0.668. The van der Waals surface area contributed by atoms with Gasteiger partial charge in [0.2, 0.25) is 0 Å². The molecule has 0 atom stereocenters. The van der Waals surface area contributed by atoms with Crippen LogP contribution in [0.5, 0.6) is 0 Å². The van der Waals surface area contributed by atoms with E-state index in [0.29, 0.717) is 5.69 Å². The molecule has 0 aliphatic carbocycles. The Hall–Kier alpha value is -1.84. The van der Waals surface area contributed by atoms with Crippen LogP contribution in [0.4, 0.5) is 0 Å². The van der Waals surface area contributed by atoms with Gasteiger partial charge in [0.15, 0.2) is 6.29 Å². The van der Waals surface area contributed by atoms with Crippen LogP contribution in [0.25, 0.3) is 11.3 Å². The van der Waals surface area contributed by atoms with E-state index in [9.17, 15) is 4.79 Å². The summed E-state index contributed by atoms with van der Waals surface area (Å²) >= 11 is 0. The van der Waals surface area contributed by atoms with Gasteiger partial charge in [-0.3, -0.25) is 9.48 Å². The van der Waals surface area contributed by atoms with Gasteiger partial charge in [-0.25, -0.2) is 0 Å². The van der Waals surface area contributed by atoms with E-state index in [1.807, 2.05) is 32.4 Å². The Bertz CT molecular complexity index is 467. The third kappa shape index (κ3) is 1.25. The molecule has 0 aromatic carbocycles. The van der Waals surface area contributed by atoms with Gasteiger partial charge in [-0.15, -0.1) is 0 Å². The van der Waals surface area contributed by atoms with Crippen LogP contribution < -0.4 is 0 Å². The Kier molecular flexibility index (Phi) is 1.96. The van der Waals surface area contributed by atoms with E-state index in [0.717, 1.165) is 17.5 Å². The minimum atomic E-state index is 0.668. The number of carbonyl (C=O) groups is 1. The summed E-state index contributed by atoms with van der Waals surface area (Å²) < 4.78 is 3.58. The fraction of sp³-hybridized carbons (Fsp3) is 0.200. The van der Waals surface area contributed by atoms with Gasteiger partial charge in [-0.05, 0) is 12.1 Å². The average Bonchev–Trinajstić information content (AvgIpc) is 2.71. The van der Waals surface area contributed by atoms with E-state index in [1.54, 1.807) is 15.4 Å². The first-order valence-electron chi connectivity index (χ1n) is 4.32. The van der Waals surface area contributed by atoms with Crippen molar-refractivity contribution in [1.82, 2.24) is 14.3 Å². The smallest absolute Gasteiger partial charge is 0.166 e. The molecule has 2 aromatic rings. The number of rotatable bonds is 2. The highest BCUT2D eigenvalue weighted by Crippen LogP contribution is 2.19. The molecule has 0 bridgehead atoms. The van der Waals surface area contributed by atoms with Crippen molar-refractivity contribution in [3.8, 4) is 11.3 Å². The van der Waals surface area contributed by atoms with Crippen molar-refractivity contribution < 1.29 is 4.79 Å². The first-order valence-corrected chi connectivity index (χ1v) is 4.32.